The molecule has 2 aromatic carbocycles. The SMILES string of the molecule is C/C(=N\Nc1nncc2ccccc12)c1ccccc1OC(F)F. The van der Waals surface area contributed by atoms with Crippen LogP contribution in [-0.4, -0.2) is 22.5 Å². The summed E-state index contributed by atoms with van der Waals surface area (Å²) in [5.41, 5.74) is 3.80. The van der Waals surface area contributed by atoms with Gasteiger partial charge in [0.2, 0.25) is 0 Å². The number of anilines is 1. The molecule has 0 aliphatic rings. The zero-order chi connectivity index (χ0) is 16.9. The average Bonchev–Trinajstić information content (AvgIpc) is 2.59. The molecule has 0 aliphatic carbocycles. The number of alkyl halides is 2. The van der Waals surface area contributed by atoms with E-state index in [0.717, 1.165) is 10.8 Å². The zero-order valence-corrected chi connectivity index (χ0v) is 12.8. The fourth-order valence-electron chi connectivity index (χ4n) is 2.27. The molecule has 0 atom stereocenters. The quantitative estimate of drug-likeness (QED) is 0.566. The first-order chi connectivity index (χ1) is 11.6. The molecule has 0 saturated carbocycles. The minimum atomic E-state index is -2.89. The van der Waals surface area contributed by atoms with Crippen molar-refractivity contribution in [2.45, 2.75) is 13.5 Å². The predicted molar refractivity (Wildman–Crippen MR) is 88.4 cm³/mol. The van der Waals surface area contributed by atoms with Gasteiger partial charge in [-0.15, -0.1) is 5.10 Å². The first-order valence-corrected chi connectivity index (χ1v) is 7.20. The first kappa shape index (κ1) is 15.8. The molecule has 122 valence electrons. The Hall–Kier alpha value is -3.09. The van der Waals surface area contributed by atoms with Gasteiger partial charge in [-0.2, -0.15) is 19.0 Å². The third-order valence-corrected chi connectivity index (χ3v) is 3.39. The highest BCUT2D eigenvalue weighted by molar-refractivity contribution is 6.02. The van der Waals surface area contributed by atoms with E-state index in [4.69, 9.17) is 0 Å². The van der Waals surface area contributed by atoms with Crippen molar-refractivity contribution in [2.75, 3.05) is 5.43 Å². The smallest absolute Gasteiger partial charge is 0.387 e. The molecule has 7 heteroatoms. The maximum atomic E-state index is 12.5. The minimum Gasteiger partial charge on any atom is -0.434 e. The molecule has 0 amide bonds. The number of rotatable bonds is 5. The molecule has 0 fully saturated rings. The number of ether oxygens (including phenoxy) is 1. The Morgan fingerprint density at radius 3 is 2.71 bits per heavy atom. The number of hydrogen-bond donors (Lipinski definition) is 1. The highest BCUT2D eigenvalue weighted by atomic mass is 19.3. The van der Waals surface area contributed by atoms with Gasteiger partial charge in [0.05, 0.1) is 11.9 Å². The molecule has 0 unspecified atom stereocenters. The molecule has 0 saturated heterocycles. The molecule has 0 spiro atoms. The topological polar surface area (TPSA) is 59.4 Å². The fraction of sp³-hybridized carbons (Fsp3) is 0.118. The number of hydrogen-bond acceptors (Lipinski definition) is 5. The van der Waals surface area contributed by atoms with E-state index >= 15 is 0 Å². The van der Waals surface area contributed by atoms with E-state index in [0.29, 0.717) is 17.1 Å². The van der Waals surface area contributed by atoms with E-state index in [2.05, 4.69) is 25.5 Å². The van der Waals surface area contributed by atoms with Gasteiger partial charge in [0.15, 0.2) is 5.82 Å². The number of nitrogens with zero attached hydrogens (tertiary/aromatic N) is 3. The molecule has 1 N–H and O–H groups in total. The summed E-state index contributed by atoms with van der Waals surface area (Å²) in [6.45, 7) is -1.20. The third-order valence-electron chi connectivity index (χ3n) is 3.39. The van der Waals surface area contributed by atoms with E-state index in [1.807, 2.05) is 24.3 Å². The molecule has 5 nitrogen and oxygen atoms in total. The number of fused-ring (bicyclic) bond motifs is 1. The first-order valence-electron chi connectivity index (χ1n) is 7.20. The lowest BCUT2D eigenvalue weighted by Crippen LogP contribution is -2.08. The van der Waals surface area contributed by atoms with Gasteiger partial charge in [-0.1, -0.05) is 36.4 Å². The number of aromatic nitrogens is 2. The van der Waals surface area contributed by atoms with Crippen molar-refractivity contribution in [1.29, 1.82) is 0 Å². The summed E-state index contributed by atoms with van der Waals surface area (Å²) in [5, 5.41) is 13.9. The second-order valence-corrected chi connectivity index (χ2v) is 4.96. The highest BCUT2D eigenvalue weighted by Crippen LogP contribution is 2.22. The Morgan fingerprint density at radius 1 is 1.12 bits per heavy atom. The Bertz CT molecular complexity index is 878. The number of para-hydroxylation sites is 1. The Labute approximate surface area is 137 Å². The summed E-state index contributed by atoms with van der Waals surface area (Å²) in [7, 11) is 0. The Balaban J connectivity index is 1.89. The van der Waals surface area contributed by atoms with Crippen LogP contribution in [0.3, 0.4) is 0 Å². The Morgan fingerprint density at radius 2 is 1.88 bits per heavy atom. The molecule has 1 aromatic heterocycles. The lowest BCUT2D eigenvalue weighted by molar-refractivity contribution is -0.0499. The number of nitrogens with one attached hydrogen (secondary N) is 1. The van der Waals surface area contributed by atoms with E-state index in [-0.39, 0.29) is 5.75 Å². The number of halogens is 2. The summed E-state index contributed by atoms with van der Waals surface area (Å²) in [6.07, 6.45) is 1.66. The second kappa shape index (κ2) is 6.99. The summed E-state index contributed by atoms with van der Waals surface area (Å²) in [5.74, 6) is 0.555. The van der Waals surface area contributed by atoms with Crippen LogP contribution in [0.4, 0.5) is 14.6 Å². The molecule has 24 heavy (non-hydrogen) atoms. The van der Waals surface area contributed by atoms with Crippen LogP contribution in [-0.2, 0) is 0 Å². The van der Waals surface area contributed by atoms with Crippen LogP contribution in [0.5, 0.6) is 5.75 Å². The van der Waals surface area contributed by atoms with Crippen molar-refractivity contribution in [3.63, 3.8) is 0 Å². The van der Waals surface area contributed by atoms with Gasteiger partial charge in [0.1, 0.15) is 5.75 Å². The zero-order valence-electron chi connectivity index (χ0n) is 12.8. The molecule has 0 bridgehead atoms. The van der Waals surface area contributed by atoms with E-state index < -0.39 is 6.61 Å². The third kappa shape index (κ3) is 3.45. The van der Waals surface area contributed by atoms with E-state index in [1.54, 1.807) is 31.3 Å². The lowest BCUT2D eigenvalue weighted by atomic mass is 10.1. The van der Waals surface area contributed by atoms with Crippen LogP contribution in [0.25, 0.3) is 10.8 Å². The van der Waals surface area contributed by atoms with Crippen LogP contribution in [0, 0.1) is 0 Å². The second-order valence-electron chi connectivity index (χ2n) is 4.96. The minimum absolute atomic E-state index is 0.0690. The van der Waals surface area contributed by atoms with Gasteiger partial charge in [-0.3, -0.25) is 5.43 Å². The monoisotopic (exact) mass is 328 g/mol. The summed E-state index contributed by atoms with van der Waals surface area (Å²) in [6, 6.07) is 14.1. The number of hydrazone groups is 1. The maximum absolute atomic E-state index is 12.5. The molecule has 3 aromatic rings. The maximum Gasteiger partial charge on any atom is 0.387 e. The number of benzene rings is 2. The largest absolute Gasteiger partial charge is 0.434 e. The summed E-state index contributed by atoms with van der Waals surface area (Å²) in [4.78, 5) is 0. The van der Waals surface area contributed by atoms with Crippen molar-refractivity contribution in [3.8, 4) is 5.75 Å². The molecule has 0 aliphatic heterocycles. The fourth-order valence-corrected chi connectivity index (χ4v) is 2.27. The van der Waals surface area contributed by atoms with Gasteiger partial charge in [-0.25, -0.2) is 0 Å². The van der Waals surface area contributed by atoms with Gasteiger partial charge in [0.25, 0.3) is 0 Å². The van der Waals surface area contributed by atoms with Crippen molar-refractivity contribution >= 4 is 22.3 Å². The van der Waals surface area contributed by atoms with Gasteiger partial charge in [0, 0.05) is 16.3 Å². The van der Waals surface area contributed by atoms with Gasteiger partial charge in [-0.05, 0) is 19.1 Å². The van der Waals surface area contributed by atoms with E-state index in [1.165, 1.54) is 6.07 Å². The molecular weight excluding hydrogens is 314 g/mol. The average molecular weight is 328 g/mol. The molecule has 1 heterocycles. The van der Waals surface area contributed by atoms with Crippen molar-refractivity contribution in [2.24, 2.45) is 5.10 Å². The standard InChI is InChI=1S/C17H14F2N4O/c1-11(13-7-4-5-9-15(13)24-17(18)19)21-23-16-14-8-3-2-6-12(14)10-20-22-16/h2-10,17H,1H3,(H,22,23)/b21-11+. The lowest BCUT2D eigenvalue weighted by Gasteiger charge is -2.10. The molecule has 0 radical (unpaired) electrons. The normalized spacial score (nSPS) is 11.8. The summed E-state index contributed by atoms with van der Waals surface area (Å²) < 4.78 is 29.5. The molecule has 3 rings (SSSR count). The van der Waals surface area contributed by atoms with Crippen LogP contribution in [0.2, 0.25) is 0 Å². The molecular formula is C17H14F2N4O. The summed E-state index contributed by atoms with van der Waals surface area (Å²) >= 11 is 0. The van der Waals surface area contributed by atoms with Gasteiger partial charge >= 0.3 is 6.61 Å². The van der Waals surface area contributed by atoms with Crippen molar-refractivity contribution in [3.05, 3.63) is 60.3 Å². The van der Waals surface area contributed by atoms with Gasteiger partial charge < -0.3 is 4.74 Å². The predicted octanol–water partition coefficient (Wildman–Crippen LogP) is 4.07. The van der Waals surface area contributed by atoms with Crippen LogP contribution in [0.1, 0.15) is 12.5 Å². The Kier molecular flexibility index (Phi) is 4.60. The van der Waals surface area contributed by atoms with Crippen LogP contribution >= 0.6 is 0 Å². The van der Waals surface area contributed by atoms with Crippen LogP contribution < -0.4 is 10.2 Å². The van der Waals surface area contributed by atoms with Crippen molar-refractivity contribution in [1.82, 2.24) is 10.2 Å². The van der Waals surface area contributed by atoms with Crippen LogP contribution in [0.15, 0.2) is 59.8 Å². The van der Waals surface area contributed by atoms with E-state index in [9.17, 15) is 8.78 Å². The van der Waals surface area contributed by atoms with Crippen molar-refractivity contribution < 1.29 is 13.5 Å². The highest BCUT2D eigenvalue weighted by Gasteiger charge is 2.11.